The fraction of sp³-hybridized carbons (Fsp3) is 0.333. The van der Waals surface area contributed by atoms with E-state index in [0.29, 0.717) is 35.4 Å². The third-order valence-electron chi connectivity index (χ3n) is 5.17. The second-order valence-electron chi connectivity index (χ2n) is 7.58. The van der Waals surface area contributed by atoms with Gasteiger partial charge in [-0.15, -0.1) is 0 Å². The maximum Gasteiger partial charge on any atom is 0.416 e. The minimum Gasteiger partial charge on any atom is -0.345 e. The Bertz CT molecular complexity index is 1060. The normalized spacial score (nSPS) is 12.6. The zero-order chi connectivity index (χ0) is 23.3. The molecule has 8 heteroatoms. The Morgan fingerprint density at radius 2 is 1.84 bits per heavy atom. The van der Waals surface area contributed by atoms with Gasteiger partial charge in [0, 0.05) is 5.02 Å². The van der Waals surface area contributed by atoms with Gasteiger partial charge in [-0.05, 0) is 54.8 Å². The van der Waals surface area contributed by atoms with Crippen LogP contribution in [0.1, 0.15) is 66.3 Å². The van der Waals surface area contributed by atoms with Gasteiger partial charge in [-0.2, -0.15) is 18.3 Å². The molecule has 0 radical (unpaired) electrons. The van der Waals surface area contributed by atoms with Crippen LogP contribution in [0.2, 0.25) is 5.02 Å². The average molecular weight is 464 g/mol. The maximum atomic E-state index is 13.2. The molecule has 0 aliphatic heterocycles. The Hall–Kier alpha value is -2.80. The molecule has 0 aliphatic carbocycles. The standard InChI is InChI=1S/C24H25ClF3N3O/c1-3-6-21(16-8-5-9-17(14-16)24(26,27)28)30-23(32)20-15-29-31(22(20)7-4-2)19-12-10-18(25)11-13-19/h5,8-15,21H,3-4,6-7H2,1-2H3,(H,30,32)/t21-/m0/s1. The van der Waals surface area contributed by atoms with E-state index >= 15 is 0 Å². The minimum atomic E-state index is -4.44. The molecule has 170 valence electrons. The van der Waals surface area contributed by atoms with E-state index in [1.807, 2.05) is 26.0 Å². The zero-order valence-corrected chi connectivity index (χ0v) is 18.7. The van der Waals surface area contributed by atoms with Gasteiger partial charge in [0.2, 0.25) is 0 Å². The van der Waals surface area contributed by atoms with Gasteiger partial charge in [0.1, 0.15) is 0 Å². The molecule has 1 aromatic heterocycles. The Labute approximate surface area is 190 Å². The van der Waals surface area contributed by atoms with Crippen molar-refractivity contribution < 1.29 is 18.0 Å². The molecule has 0 spiro atoms. The third-order valence-corrected chi connectivity index (χ3v) is 5.42. The summed E-state index contributed by atoms with van der Waals surface area (Å²) in [5, 5.41) is 7.91. The molecule has 1 heterocycles. The van der Waals surface area contributed by atoms with Crippen LogP contribution in [0.4, 0.5) is 13.2 Å². The van der Waals surface area contributed by atoms with Crippen LogP contribution in [0.5, 0.6) is 0 Å². The van der Waals surface area contributed by atoms with Gasteiger partial charge < -0.3 is 5.32 Å². The van der Waals surface area contributed by atoms with Gasteiger partial charge in [0.05, 0.1) is 34.7 Å². The second kappa shape index (κ2) is 10.2. The molecule has 0 fully saturated rings. The third kappa shape index (κ3) is 5.51. The molecule has 3 aromatic rings. The fourth-order valence-corrected chi connectivity index (χ4v) is 3.75. The number of hydrogen-bond acceptors (Lipinski definition) is 2. The van der Waals surface area contributed by atoms with Crippen molar-refractivity contribution in [1.82, 2.24) is 15.1 Å². The lowest BCUT2D eigenvalue weighted by Crippen LogP contribution is -2.29. The van der Waals surface area contributed by atoms with Gasteiger partial charge in [0.15, 0.2) is 0 Å². The summed E-state index contributed by atoms with van der Waals surface area (Å²) in [6.45, 7) is 3.93. The smallest absolute Gasteiger partial charge is 0.345 e. The fourth-order valence-electron chi connectivity index (χ4n) is 3.62. The summed E-state index contributed by atoms with van der Waals surface area (Å²) in [5.41, 5.74) is 1.63. The molecule has 3 rings (SSSR count). The van der Waals surface area contributed by atoms with E-state index in [0.717, 1.165) is 29.9 Å². The predicted molar refractivity (Wildman–Crippen MR) is 119 cm³/mol. The van der Waals surface area contributed by atoms with Gasteiger partial charge in [-0.1, -0.05) is 50.4 Å². The summed E-state index contributed by atoms with van der Waals surface area (Å²) in [6, 6.07) is 11.7. The minimum absolute atomic E-state index is 0.357. The number of nitrogens with one attached hydrogen (secondary N) is 1. The molecule has 32 heavy (non-hydrogen) atoms. The number of nitrogens with zero attached hydrogens (tertiary/aromatic N) is 2. The first kappa shape index (κ1) is 23.9. The van der Waals surface area contributed by atoms with Crippen LogP contribution in [0.3, 0.4) is 0 Å². The van der Waals surface area contributed by atoms with E-state index in [-0.39, 0.29) is 5.91 Å². The summed E-state index contributed by atoms with van der Waals surface area (Å²) in [7, 11) is 0. The summed E-state index contributed by atoms with van der Waals surface area (Å²) in [5.74, 6) is -0.357. The molecule has 0 saturated carbocycles. The average Bonchev–Trinajstić information content (AvgIpc) is 3.17. The highest BCUT2D eigenvalue weighted by Gasteiger charge is 2.31. The van der Waals surface area contributed by atoms with E-state index in [4.69, 9.17) is 11.6 Å². The number of rotatable bonds is 8. The van der Waals surface area contributed by atoms with Crippen LogP contribution in [0, 0.1) is 0 Å². The number of benzene rings is 2. The molecule has 0 bridgehead atoms. The summed E-state index contributed by atoms with van der Waals surface area (Å²) < 4.78 is 41.2. The van der Waals surface area contributed by atoms with Crippen LogP contribution in [0.25, 0.3) is 5.69 Å². The SMILES string of the molecule is CCCc1c(C(=O)N[C@@H](CCC)c2cccc(C(F)(F)F)c2)cnn1-c1ccc(Cl)cc1. The highest BCUT2D eigenvalue weighted by atomic mass is 35.5. The number of halogens is 4. The molecule has 1 amide bonds. The maximum absolute atomic E-state index is 13.2. The van der Waals surface area contributed by atoms with Crippen LogP contribution in [-0.4, -0.2) is 15.7 Å². The molecule has 4 nitrogen and oxygen atoms in total. The predicted octanol–water partition coefficient (Wildman–Crippen LogP) is 6.77. The molecule has 0 saturated heterocycles. The monoisotopic (exact) mass is 463 g/mol. The molecule has 2 aromatic carbocycles. The van der Waals surface area contributed by atoms with Crippen molar-refractivity contribution in [2.75, 3.05) is 0 Å². The van der Waals surface area contributed by atoms with Crippen molar-refractivity contribution in [2.24, 2.45) is 0 Å². The number of carbonyl (C=O) groups excluding carboxylic acids is 1. The Balaban J connectivity index is 1.91. The van der Waals surface area contributed by atoms with Crippen molar-refractivity contribution in [2.45, 2.75) is 51.7 Å². The largest absolute Gasteiger partial charge is 0.416 e. The van der Waals surface area contributed by atoms with Gasteiger partial charge in [-0.3, -0.25) is 4.79 Å². The Morgan fingerprint density at radius 3 is 2.47 bits per heavy atom. The number of alkyl halides is 3. The van der Waals surface area contributed by atoms with Gasteiger partial charge >= 0.3 is 6.18 Å². The molecule has 1 N–H and O–H groups in total. The Morgan fingerprint density at radius 1 is 1.12 bits per heavy atom. The molecule has 0 unspecified atom stereocenters. The number of hydrogen-bond donors (Lipinski definition) is 1. The second-order valence-corrected chi connectivity index (χ2v) is 8.02. The van der Waals surface area contributed by atoms with E-state index in [1.54, 1.807) is 22.9 Å². The lowest BCUT2D eigenvalue weighted by Gasteiger charge is -2.20. The number of amides is 1. The van der Waals surface area contributed by atoms with E-state index in [1.165, 1.54) is 12.3 Å². The highest BCUT2D eigenvalue weighted by Crippen LogP contribution is 2.32. The quantitative estimate of drug-likeness (QED) is 0.400. The van der Waals surface area contributed by atoms with Crippen molar-refractivity contribution in [3.05, 3.63) is 82.1 Å². The van der Waals surface area contributed by atoms with Crippen LogP contribution in [0.15, 0.2) is 54.7 Å². The molecular formula is C24H25ClF3N3O. The van der Waals surface area contributed by atoms with E-state index < -0.39 is 17.8 Å². The van der Waals surface area contributed by atoms with Crippen molar-refractivity contribution in [3.8, 4) is 5.69 Å². The first-order valence-electron chi connectivity index (χ1n) is 10.6. The van der Waals surface area contributed by atoms with E-state index in [9.17, 15) is 18.0 Å². The summed E-state index contributed by atoms with van der Waals surface area (Å²) in [4.78, 5) is 13.2. The first-order chi connectivity index (χ1) is 15.2. The van der Waals surface area contributed by atoms with E-state index in [2.05, 4.69) is 10.4 Å². The van der Waals surface area contributed by atoms with Crippen LogP contribution >= 0.6 is 11.6 Å². The molecule has 1 atom stereocenters. The number of aromatic nitrogens is 2. The van der Waals surface area contributed by atoms with Crippen molar-refractivity contribution >= 4 is 17.5 Å². The van der Waals surface area contributed by atoms with Crippen molar-refractivity contribution in [3.63, 3.8) is 0 Å². The number of carbonyl (C=O) groups is 1. The lowest BCUT2D eigenvalue weighted by atomic mass is 9.99. The van der Waals surface area contributed by atoms with Gasteiger partial charge in [0.25, 0.3) is 5.91 Å². The zero-order valence-electron chi connectivity index (χ0n) is 17.9. The summed E-state index contributed by atoms with van der Waals surface area (Å²) in [6.07, 6.45) is -0.303. The molecule has 0 aliphatic rings. The highest BCUT2D eigenvalue weighted by molar-refractivity contribution is 6.30. The van der Waals surface area contributed by atoms with Crippen molar-refractivity contribution in [1.29, 1.82) is 0 Å². The first-order valence-corrected chi connectivity index (χ1v) is 10.9. The van der Waals surface area contributed by atoms with Crippen LogP contribution < -0.4 is 5.32 Å². The molecular weight excluding hydrogens is 439 g/mol. The topological polar surface area (TPSA) is 46.9 Å². The lowest BCUT2D eigenvalue weighted by molar-refractivity contribution is -0.137. The summed E-state index contributed by atoms with van der Waals surface area (Å²) >= 11 is 5.98. The van der Waals surface area contributed by atoms with Gasteiger partial charge in [-0.25, -0.2) is 4.68 Å². The van der Waals surface area contributed by atoms with Crippen LogP contribution in [-0.2, 0) is 12.6 Å². The Kier molecular flexibility index (Phi) is 7.61.